The third-order valence-electron chi connectivity index (χ3n) is 4.18. The van der Waals surface area contributed by atoms with Crippen molar-refractivity contribution in [2.75, 3.05) is 0 Å². The van der Waals surface area contributed by atoms with Crippen molar-refractivity contribution in [1.82, 2.24) is 5.43 Å². The molecule has 3 rings (SSSR count). The van der Waals surface area contributed by atoms with E-state index in [-0.39, 0.29) is 11.3 Å². The minimum absolute atomic E-state index is 0.0988. The Morgan fingerprint density at radius 3 is 2.30 bits per heavy atom. The van der Waals surface area contributed by atoms with Crippen LogP contribution in [-0.2, 0) is 0 Å². The Kier molecular flexibility index (Phi) is 6.29. The number of carbonyl (C=O) groups is 2. The number of ether oxygens (including phenoxy) is 1. The van der Waals surface area contributed by atoms with Gasteiger partial charge in [0.2, 0.25) is 0 Å². The number of nitrogens with zero attached hydrogens (tertiary/aromatic N) is 2. The van der Waals surface area contributed by atoms with E-state index in [1.165, 1.54) is 30.5 Å². The molecule has 0 saturated heterocycles. The van der Waals surface area contributed by atoms with Crippen LogP contribution in [0.25, 0.3) is 0 Å². The Labute approximate surface area is 172 Å². The molecule has 3 aromatic carbocycles. The maximum absolute atomic E-state index is 12.2. The quantitative estimate of drug-likeness (QED) is 0.221. The predicted molar refractivity (Wildman–Crippen MR) is 111 cm³/mol. The molecule has 0 fully saturated rings. The molecule has 0 saturated carbocycles. The van der Waals surface area contributed by atoms with Gasteiger partial charge in [-0.25, -0.2) is 10.2 Å². The fourth-order valence-electron chi connectivity index (χ4n) is 2.55. The van der Waals surface area contributed by atoms with E-state index in [0.29, 0.717) is 16.9 Å². The summed E-state index contributed by atoms with van der Waals surface area (Å²) >= 11 is 0. The van der Waals surface area contributed by atoms with Crippen LogP contribution in [-0.4, -0.2) is 23.0 Å². The number of nitro groups is 1. The summed E-state index contributed by atoms with van der Waals surface area (Å²) < 4.78 is 5.36. The summed E-state index contributed by atoms with van der Waals surface area (Å²) in [4.78, 5) is 34.3. The van der Waals surface area contributed by atoms with Crippen molar-refractivity contribution in [1.29, 1.82) is 0 Å². The summed E-state index contributed by atoms with van der Waals surface area (Å²) in [6, 6.07) is 18.9. The Morgan fingerprint density at radius 2 is 1.67 bits per heavy atom. The van der Waals surface area contributed by atoms with Gasteiger partial charge in [0.05, 0.1) is 16.7 Å². The highest BCUT2D eigenvalue weighted by Crippen LogP contribution is 2.15. The Hall–Kier alpha value is -4.33. The van der Waals surface area contributed by atoms with Crippen LogP contribution in [0.3, 0.4) is 0 Å². The van der Waals surface area contributed by atoms with Crippen LogP contribution >= 0.6 is 0 Å². The molecule has 0 spiro atoms. The first kappa shape index (κ1) is 20.4. The second-order valence-corrected chi connectivity index (χ2v) is 6.28. The van der Waals surface area contributed by atoms with E-state index in [9.17, 15) is 19.7 Å². The predicted octanol–water partition coefficient (Wildman–Crippen LogP) is 3.89. The normalized spacial score (nSPS) is 10.6. The molecule has 0 aliphatic rings. The van der Waals surface area contributed by atoms with Crippen LogP contribution < -0.4 is 10.2 Å². The van der Waals surface area contributed by atoms with Crippen LogP contribution in [0.2, 0.25) is 0 Å². The van der Waals surface area contributed by atoms with Gasteiger partial charge < -0.3 is 4.74 Å². The molecule has 0 aromatic heterocycles. The van der Waals surface area contributed by atoms with E-state index in [2.05, 4.69) is 10.5 Å². The van der Waals surface area contributed by atoms with Crippen molar-refractivity contribution in [3.63, 3.8) is 0 Å². The minimum Gasteiger partial charge on any atom is -0.423 e. The van der Waals surface area contributed by atoms with Gasteiger partial charge in [0.25, 0.3) is 11.6 Å². The van der Waals surface area contributed by atoms with Crippen molar-refractivity contribution < 1.29 is 19.2 Å². The maximum atomic E-state index is 12.2. The lowest BCUT2D eigenvalue weighted by Crippen LogP contribution is -2.17. The summed E-state index contributed by atoms with van der Waals surface area (Å²) in [5.74, 6) is -0.551. The van der Waals surface area contributed by atoms with E-state index >= 15 is 0 Å². The molecule has 0 unspecified atom stereocenters. The van der Waals surface area contributed by atoms with Crippen LogP contribution in [0, 0.1) is 17.0 Å². The molecule has 1 amide bonds. The number of benzene rings is 3. The van der Waals surface area contributed by atoms with Gasteiger partial charge in [-0.15, -0.1) is 0 Å². The first-order valence-corrected chi connectivity index (χ1v) is 8.90. The summed E-state index contributed by atoms with van der Waals surface area (Å²) in [5, 5.41) is 14.5. The van der Waals surface area contributed by atoms with Crippen molar-refractivity contribution in [2.45, 2.75) is 6.92 Å². The zero-order valence-electron chi connectivity index (χ0n) is 15.9. The van der Waals surface area contributed by atoms with Gasteiger partial charge in [-0.05, 0) is 60.5 Å². The molecule has 30 heavy (non-hydrogen) atoms. The topological polar surface area (TPSA) is 111 Å². The Morgan fingerprint density at radius 1 is 1.00 bits per heavy atom. The number of rotatable bonds is 6. The van der Waals surface area contributed by atoms with Crippen LogP contribution in [0.5, 0.6) is 5.75 Å². The summed E-state index contributed by atoms with van der Waals surface area (Å²) in [6.45, 7) is 1.83. The minimum atomic E-state index is -0.540. The molecule has 8 nitrogen and oxygen atoms in total. The smallest absolute Gasteiger partial charge is 0.343 e. The molecular weight excluding hydrogens is 386 g/mol. The zero-order chi connectivity index (χ0) is 21.5. The van der Waals surface area contributed by atoms with Crippen molar-refractivity contribution in [3.8, 4) is 5.75 Å². The number of nitrogens with one attached hydrogen (secondary N) is 1. The van der Waals surface area contributed by atoms with Gasteiger partial charge in [0, 0.05) is 17.7 Å². The molecule has 0 bridgehead atoms. The number of nitro benzene ring substituents is 1. The van der Waals surface area contributed by atoms with E-state index < -0.39 is 16.8 Å². The SMILES string of the molecule is Cc1ccccc1C(=O)Oc1ccc(/C=N\NC(=O)c2ccc([N+](=O)[O-])cc2)cc1. The monoisotopic (exact) mass is 403 g/mol. The number of hydrogen-bond acceptors (Lipinski definition) is 6. The molecule has 0 aliphatic heterocycles. The standard InChI is InChI=1S/C22H17N3O5/c1-15-4-2-3-5-20(15)22(27)30-19-12-6-16(7-13-19)14-23-24-21(26)17-8-10-18(11-9-17)25(28)29/h2-14H,1H3,(H,24,26)/b23-14-. The number of hydrazone groups is 1. The fraction of sp³-hybridized carbons (Fsp3) is 0.0455. The average molecular weight is 403 g/mol. The molecule has 8 heteroatoms. The van der Waals surface area contributed by atoms with Gasteiger partial charge in [-0.2, -0.15) is 5.10 Å². The molecule has 0 atom stereocenters. The number of amides is 1. The summed E-state index contributed by atoms with van der Waals surface area (Å²) in [5.41, 5.74) is 4.50. The van der Waals surface area contributed by atoms with Crippen LogP contribution in [0.1, 0.15) is 31.8 Å². The number of aryl methyl sites for hydroxylation is 1. The molecular formula is C22H17N3O5. The van der Waals surface area contributed by atoms with Crippen molar-refractivity contribution in [2.24, 2.45) is 5.10 Å². The summed E-state index contributed by atoms with van der Waals surface area (Å²) in [7, 11) is 0. The highest BCUT2D eigenvalue weighted by atomic mass is 16.6. The van der Waals surface area contributed by atoms with Gasteiger partial charge in [-0.1, -0.05) is 18.2 Å². The third kappa shape index (κ3) is 5.14. The highest BCUT2D eigenvalue weighted by Gasteiger charge is 2.11. The average Bonchev–Trinajstić information content (AvgIpc) is 2.75. The van der Waals surface area contributed by atoms with Crippen molar-refractivity contribution >= 4 is 23.8 Å². The molecule has 0 heterocycles. The first-order chi connectivity index (χ1) is 14.4. The number of hydrogen-bond donors (Lipinski definition) is 1. The van der Waals surface area contributed by atoms with E-state index in [1.54, 1.807) is 36.4 Å². The molecule has 3 aromatic rings. The number of esters is 1. The lowest BCUT2D eigenvalue weighted by atomic mass is 10.1. The van der Waals surface area contributed by atoms with Gasteiger partial charge >= 0.3 is 5.97 Å². The lowest BCUT2D eigenvalue weighted by Gasteiger charge is -2.06. The van der Waals surface area contributed by atoms with Gasteiger partial charge in [0.15, 0.2) is 0 Å². The Balaban J connectivity index is 1.56. The highest BCUT2D eigenvalue weighted by molar-refractivity contribution is 5.95. The van der Waals surface area contributed by atoms with E-state index in [4.69, 9.17) is 4.74 Å². The lowest BCUT2D eigenvalue weighted by molar-refractivity contribution is -0.384. The molecule has 1 N–H and O–H groups in total. The van der Waals surface area contributed by atoms with E-state index in [0.717, 1.165) is 5.56 Å². The maximum Gasteiger partial charge on any atom is 0.343 e. The number of carbonyl (C=O) groups excluding carboxylic acids is 2. The zero-order valence-corrected chi connectivity index (χ0v) is 15.9. The first-order valence-electron chi connectivity index (χ1n) is 8.90. The molecule has 0 radical (unpaired) electrons. The molecule has 150 valence electrons. The summed E-state index contributed by atoms with van der Waals surface area (Å²) in [6.07, 6.45) is 1.43. The van der Waals surface area contributed by atoms with Crippen LogP contribution in [0.4, 0.5) is 5.69 Å². The van der Waals surface area contributed by atoms with Gasteiger partial charge in [-0.3, -0.25) is 14.9 Å². The number of non-ortho nitro benzene ring substituents is 1. The van der Waals surface area contributed by atoms with Crippen LogP contribution in [0.15, 0.2) is 77.9 Å². The van der Waals surface area contributed by atoms with Crippen molar-refractivity contribution in [3.05, 3.63) is 105 Å². The second-order valence-electron chi connectivity index (χ2n) is 6.28. The third-order valence-corrected chi connectivity index (χ3v) is 4.18. The largest absolute Gasteiger partial charge is 0.423 e. The van der Waals surface area contributed by atoms with Gasteiger partial charge in [0.1, 0.15) is 5.75 Å². The second kappa shape index (κ2) is 9.24. The Bertz CT molecular complexity index is 1110. The van der Waals surface area contributed by atoms with E-state index in [1.807, 2.05) is 19.1 Å². The molecule has 0 aliphatic carbocycles. The fourth-order valence-corrected chi connectivity index (χ4v) is 2.55.